The predicted molar refractivity (Wildman–Crippen MR) is 138 cm³/mol. The van der Waals surface area contributed by atoms with Gasteiger partial charge in [0.2, 0.25) is 0 Å². The van der Waals surface area contributed by atoms with Crippen LogP contribution in [0, 0.1) is 5.92 Å². The molecule has 0 radical (unpaired) electrons. The van der Waals surface area contributed by atoms with E-state index in [0.717, 1.165) is 36.9 Å². The molecule has 1 aliphatic rings. The monoisotopic (exact) mass is 466 g/mol. The highest BCUT2D eigenvalue weighted by molar-refractivity contribution is 5.94. The van der Waals surface area contributed by atoms with Crippen LogP contribution in [0.3, 0.4) is 0 Å². The normalized spacial score (nSPS) is 17.1. The van der Waals surface area contributed by atoms with Gasteiger partial charge in [-0.3, -0.25) is 4.79 Å². The molecule has 1 fully saturated rings. The van der Waals surface area contributed by atoms with E-state index in [0.29, 0.717) is 24.5 Å². The molecule has 0 aromatic heterocycles. The van der Waals surface area contributed by atoms with E-state index in [2.05, 4.69) is 10.6 Å². The number of amides is 1. The molecule has 2 aromatic rings. The molecule has 0 aliphatic heterocycles. The Kier molecular flexibility index (Phi) is 10.6. The number of benzene rings is 2. The number of carbonyl (C=O) groups excluding carboxylic acids is 1. The molecule has 0 saturated heterocycles. The summed E-state index contributed by atoms with van der Waals surface area (Å²) in [6.07, 6.45) is 9.74. The molecule has 5 nitrogen and oxygen atoms in total. The van der Waals surface area contributed by atoms with Crippen LogP contribution < -0.4 is 10.6 Å². The van der Waals surface area contributed by atoms with Gasteiger partial charge in [0.05, 0.1) is 0 Å². The zero-order valence-electron chi connectivity index (χ0n) is 20.9. The zero-order chi connectivity index (χ0) is 24.2. The Morgan fingerprint density at radius 2 is 1.79 bits per heavy atom. The van der Waals surface area contributed by atoms with Crippen molar-refractivity contribution >= 4 is 5.91 Å². The van der Waals surface area contributed by atoms with Crippen molar-refractivity contribution in [3.05, 3.63) is 71.3 Å². The first kappa shape index (κ1) is 26.4. The first-order valence-corrected chi connectivity index (χ1v) is 12.9. The predicted octanol–water partition coefficient (Wildman–Crippen LogP) is 5.03. The van der Waals surface area contributed by atoms with Gasteiger partial charge in [-0.2, -0.15) is 0 Å². The summed E-state index contributed by atoms with van der Waals surface area (Å²) in [6, 6.07) is 17.3. The van der Waals surface area contributed by atoms with Crippen molar-refractivity contribution in [2.24, 2.45) is 5.92 Å². The second-order valence-electron chi connectivity index (χ2n) is 9.72. The van der Waals surface area contributed by atoms with Crippen LogP contribution in [-0.2, 0) is 10.3 Å². The molecule has 1 unspecified atom stereocenters. The van der Waals surface area contributed by atoms with Gasteiger partial charge in [0.1, 0.15) is 5.60 Å². The van der Waals surface area contributed by atoms with Gasteiger partial charge in [0.15, 0.2) is 0 Å². The fourth-order valence-electron chi connectivity index (χ4n) is 5.25. The van der Waals surface area contributed by atoms with Gasteiger partial charge in [-0.25, -0.2) is 0 Å². The van der Waals surface area contributed by atoms with Crippen LogP contribution >= 0.6 is 0 Å². The lowest BCUT2D eigenvalue weighted by Crippen LogP contribution is -2.42. The van der Waals surface area contributed by atoms with Crippen LogP contribution in [0.5, 0.6) is 0 Å². The van der Waals surface area contributed by atoms with Crippen molar-refractivity contribution in [2.75, 3.05) is 27.3 Å². The van der Waals surface area contributed by atoms with E-state index in [1.165, 1.54) is 32.1 Å². The molecule has 0 spiro atoms. The summed E-state index contributed by atoms with van der Waals surface area (Å²) in [6.45, 7) is 1.43. The number of unbranched alkanes of at least 4 members (excludes halogenated alkanes) is 1. The summed E-state index contributed by atoms with van der Waals surface area (Å²) in [5.74, 6) is 0.613. The molecule has 3 N–H and O–H groups in total. The maximum atomic E-state index is 13.2. The molecule has 1 amide bonds. The second kappa shape index (κ2) is 13.6. The fraction of sp³-hybridized carbons (Fsp3) is 0.552. The Morgan fingerprint density at radius 1 is 1.06 bits per heavy atom. The number of carbonyl (C=O) groups is 1. The van der Waals surface area contributed by atoms with Gasteiger partial charge >= 0.3 is 0 Å². The number of rotatable bonds is 13. The summed E-state index contributed by atoms with van der Waals surface area (Å²) in [7, 11) is 3.63. The van der Waals surface area contributed by atoms with Gasteiger partial charge in [-0.15, -0.1) is 0 Å². The van der Waals surface area contributed by atoms with Gasteiger partial charge in [0.25, 0.3) is 5.91 Å². The Bertz CT molecular complexity index is 867. The molecule has 3 rings (SSSR count). The minimum Gasteiger partial charge on any atom is -0.385 e. The minimum absolute atomic E-state index is 0.0762. The molecule has 5 heteroatoms. The van der Waals surface area contributed by atoms with Crippen molar-refractivity contribution in [1.29, 1.82) is 0 Å². The molecule has 2 aromatic carbocycles. The standard InChI is InChI=1S/C29H42N2O3/c1-30-22-27(20-23-12-5-3-6-13-23)31-28(32)24-14-11-17-26(21-24)29(33,18-9-10-19-34-2)25-15-7-4-8-16-25/h4,7-8,11,14-17,21,23,27,30,33H,3,5-6,9-10,12-13,18-20,22H2,1-2H3,(H,31,32)/t27-,29?/m0/s1. The van der Waals surface area contributed by atoms with Crippen LogP contribution in [0.4, 0.5) is 0 Å². The summed E-state index contributed by atoms with van der Waals surface area (Å²) in [5, 5.41) is 18.4. The smallest absolute Gasteiger partial charge is 0.251 e. The lowest BCUT2D eigenvalue weighted by Gasteiger charge is -2.30. The molecular formula is C29H42N2O3. The highest BCUT2D eigenvalue weighted by Crippen LogP contribution is 2.35. The molecule has 186 valence electrons. The van der Waals surface area contributed by atoms with Crippen molar-refractivity contribution in [3.8, 4) is 0 Å². The van der Waals surface area contributed by atoms with Crippen LogP contribution in [0.15, 0.2) is 54.6 Å². The molecule has 0 bridgehead atoms. The van der Waals surface area contributed by atoms with Crippen molar-refractivity contribution in [1.82, 2.24) is 10.6 Å². The zero-order valence-corrected chi connectivity index (χ0v) is 20.9. The van der Waals surface area contributed by atoms with E-state index in [4.69, 9.17) is 4.74 Å². The van der Waals surface area contributed by atoms with Gasteiger partial charge < -0.3 is 20.5 Å². The third kappa shape index (κ3) is 7.39. The number of hydrogen-bond donors (Lipinski definition) is 3. The van der Waals surface area contributed by atoms with Crippen LogP contribution in [0.1, 0.15) is 79.3 Å². The Morgan fingerprint density at radius 3 is 2.50 bits per heavy atom. The first-order valence-electron chi connectivity index (χ1n) is 12.9. The second-order valence-corrected chi connectivity index (χ2v) is 9.72. The first-order chi connectivity index (χ1) is 16.6. The number of aliphatic hydroxyl groups is 1. The van der Waals surface area contributed by atoms with Gasteiger partial charge in [-0.1, -0.05) is 74.6 Å². The summed E-state index contributed by atoms with van der Waals surface area (Å²) in [4.78, 5) is 13.2. The number of ether oxygens (including phenoxy) is 1. The van der Waals surface area contributed by atoms with Crippen molar-refractivity contribution in [2.45, 2.75) is 69.4 Å². The highest BCUT2D eigenvalue weighted by atomic mass is 16.5. The van der Waals surface area contributed by atoms with E-state index >= 15 is 0 Å². The lowest BCUT2D eigenvalue weighted by atomic mass is 9.81. The lowest BCUT2D eigenvalue weighted by molar-refractivity contribution is 0.0650. The minimum atomic E-state index is -1.15. The molecule has 1 saturated carbocycles. The molecule has 2 atom stereocenters. The maximum Gasteiger partial charge on any atom is 0.251 e. The molecule has 34 heavy (non-hydrogen) atoms. The SMILES string of the molecule is CNC[C@H](CC1CCCCC1)NC(=O)c1cccc(C(O)(CCCCOC)c2ccccc2)c1. The maximum absolute atomic E-state index is 13.2. The summed E-state index contributed by atoms with van der Waals surface area (Å²) >= 11 is 0. The van der Waals surface area contributed by atoms with Crippen molar-refractivity contribution < 1.29 is 14.6 Å². The Hall–Kier alpha value is -2.21. The fourth-order valence-corrected chi connectivity index (χ4v) is 5.25. The van der Waals surface area contributed by atoms with Gasteiger partial charge in [0, 0.05) is 31.9 Å². The van der Waals surface area contributed by atoms with E-state index in [1.807, 2.05) is 61.6 Å². The van der Waals surface area contributed by atoms with E-state index < -0.39 is 5.60 Å². The summed E-state index contributed by atoms with van der Waals surface area (Å²) < 4.78 is 5.19. The molecule has 0 heterocycles. The number of hydrogen-bond acceptors (Lipinski definition) is 4. The average Bonchev–Trinajstić information content (AvgIpc) is 2.88. The van der Waals surface area contributed by atoms with Crippen LogP contribution in [0.25, 0.3) is 0 Å². The van der Waals surface area contributed by atoms with Gasteiger partial charge in [-0.05, 0) is 61.9 Å². The number of nitrogens with one attached hydrogen (secondary N) is 2. The van der Waals surface area contributed by atoms with Crippen LogP contribution in [-0.4, -0.2) is 44.4 Å². The summed E-state index contributed by atoms with van der Waals surface area (Å²) in [5.41, 5.74) is 1.03. The Balaban J connectivity index is 1.77. The average molecular weight is 467 g/mol. The molecule has 1 aliphatic carbocycles. The number of likely N-dealkylation sites (N-methyl/N-ethyl adjacent to an activating group) is 1. The number of methoxy groups -OCH3 is 1. The van der Waals surface area contributed by atoms with Crippen LogP contribution in [0.2, 0.25) is 0 Å². The van der Waals surface area contributed by atoms with E-state index in [-0.39, 0.29) is 11.9 Å². The molecular weight excluding hydrogens is 424 g/mol. The van der Waals surface area contributed by atoms with E-state index in [1.54, 1.807) is 7.11 Å². The Labute approximate surface area is 205 Å². The third-order valence-electron chi connectivity index (χ3n) is 7.12. The van der Waals surface area contributed by atoms with Crippen molar-refractivity contribution in [3.63, 3.8) is 0 Å². The third-order valence-corrected chi connectivity index (χ3v) is 7.12. The largest absolute Gasteiger partial charge is 0.385 e. The topological polar surface area (TPSA) is 70.6 Å². The van der Waals surface area contributed by atoms with E-state index in [9.17, 15) is 9.90 Å². The highest BCUT2D eigenvalue weighted by Gasteiger charge is 2.31. The quantitative estimate of drug-likeness (QED) is 0.362.